The van der Waals surface area contributed by atoms with Crippen molar-refractivity contribution >= 4 is 5.82 Å². The molecular weight excluding hydrogens is 250 g/mol. The molecular formula is C15H21N5. The molecule has 0 atom stereocenters. The van der Waals surface area contributed by atoms with Gasteiger partial charge < -0.3 is 5.32 Å². The van der Waals surface area contributed by atoms with E-state index in [0.29, 0.717) is 0 Å². The molecule has 0 unspecified atom stereocenters. The molecule has 0 saturated carbocycles. The average molecular weight is 271 g/mol. The minimum atomic E-state index is 0.796. The highest BCUT2D eigenvalue weighted by molar-refractivity contribution is 5.64. The van der Waals surface area contributed by atoms with Gasteiger partial charge in [-0.1, -0.05) is 13.8 Å². The topological polar surface area (TPSA) is 63.6 Å². The first kappa shape index (κ1) is 14.4. The molecule has 0 fully saturated rings. The molecule has 0 saturated heterocycles. The Morgan fingerprint density at radius 2 is 1.95 bits per heavy atom. The van der Waals surface area contributed by atoms with Crippen LogP contribution in [0.15, 0.2) is 18.6 Å². The van der Waals surface area contributed by atoms with Crippen LogP contribution in [0, 0.1) is 6.92 Å². The minimum absolute atomic E-state index is 0.796. The van der Waals surface area contributed by atoms with Crippen LogP contribution < -0.4 is 5.32 Å². The SMILES string of the molecule is CCCNc1nc(CCC)nc(-c2cnccn2)c1C. The van der Waals surface area contributed by atoms with Crippen LogP contribution in [0.5, 0.6) is 0 Å². The molecule has 0 aromatic carbocycles. The summed E-state index contributed by atoms with van der Waals surface area (Å²) in [6, 6.07) is 0. The van der Waals surface area contributed by atoms with Crippen molar-refractivity contribution in [2.75, 3.05) is 11.9 Å². The lowest BCUT2D eigenvalue weighted by atomic mass is 10.1. The molecule has 0 aliphatic heterocycles. The van der Waals surface area contributed by atoms with E-state index in [9.17, 15) is 0 Å². The zero-order valence-corrected chi connectivity index (χ0v) is 12.3. The first-order valence-electron chi connectivity index (χ1n) is 7.14. The second-order valence-corrected chi connectivity index (χ2v) is 4.73. The number of aryl methyl sites for hydroxylation is 1. The minimum Gasteiger partial charge on any atom is -0.370 e. The van der Waals surface area contributed by atoms with Gasteiger partial charge in [-0.05, 0) is 19.8 Å². The van der Waals surface area contributed by atoms with E-state index in [2.05, 4.69) is 39.1 Å². The maximum absolute atomic E-state index is 4.65. The highest BCUT2D eigenvalue weighted by atomic mass is 15.0. The summed E-state index contributed by atoms with van der Waals surface area (Å²) < 4.78 is 0. The third kappa shape index (κ3) is 3.29. The van der Waals surface area contributed by atoms with Crippen molar-refractivity contribution in [2.45, 2.75) is 40.0 Å². The van der Waals surface area contributed by atoms with E-state index in [1.54, 1.807) is 18.6 Å². The Morgan fingerprint density at radius 1 is 1.10 bits per heavy atom. The lowest BCUT2D eigenvalue weighted by molar-refractivity contribution is 0.829. The largest absolute Gasteiger partial charge is 0.370 e. The third-order valence-corrected chi connectivity index (χ3v) is 3.01. The Morgan fingerprint density at radius 3 is 2.60 bits per heavy atom. The maximum atomic E-state index is 4.65. The van der Waals surface area contributed by atoms with Gasteiger partial charge in [0.2, 0.25) is 0 Å². The van der Waals surface area contributed by atoms with Gasteiger partial charge in [0.15, 0.2) is 0 Å². The zero-order valence-electron chi connectivity index (χ0n) is 12.3. The van der Waals surface area contributed by atoms with Gasteiger partial charge in [0.25, 0.3) is 0 Å². The predicted molar refractivity (Wildman–Crippen MR) is 80.6 cm³/mol. The number of nitrogens with one attached hydrogen (secondary N) is 1. The van der Waals surface area contributed by atoms with Gasteiger partial charge >= 0.3 is 0 Å². The van der Waals surface area contributed by atoms with Gasteiger partial charge in [0.05, 0.1) is 11.9 Å². The summed E-state index contributed by atoms with van der Waals surface area (Å²) in [4.78, 5) is 17.7. The van der Waals surface area contributed by atoms with Gasteiger partial charge in [-0.25, -0.2) is 9.97 Å². The van der Waals surface area contributed by atoms with Crippen molar-refractivity contribution in [1.29, 1.82) is 0 Å². The summed E-state index contributed by atoms with van der Waals surface area (Å²) in [5.74, 6) is 1.77. The number of aromatic nitrogens is 4. The fourth-order valence-corrected chi connectivity index (χ4v) is 1.98. The van der Waals surface area contributed by atoms with Crippen molar-refractivity contribution in [3.63, 3.8) is 0 Å². The van der Waals surface area contributed by atoms with Crippen LogP contribution in [0.4, 0.5) is 5.82 Å². The van der Waals surface area contributed by atoms with E-state index < -0.39 is 0 Å². The van der Waals surface area contributed by atoms with Crippen LogP contribution in [0.25, 0.3) is 11.4 Å². The molecule has 0 spiro atoms. The summed E-state index contributed by atoms with van der Waals surface area (Å²) in [6.07, 6.45) is 8.06. The summed E-state index contributed by atoms with van der Waals surface area (Å²) in [6.45, 7) is 7.20. The molecule has 1 N–H and O–H groups in total. The first-order valence-corrected chi connectivity index (χ1v) is 7.14. The van der Waals surface area contributed by atoms with Crippen molar-refractivity contribution in [2.24, 2.45) is 0 Å². The molecule has 106 valence electrons. The van der Waals surface area contributed by atoms with E-state index >= 15 is 0 Å². The second kappa shape index (κ2) is 6.93. The molecule has 0 aliphatic rings. The molecule has 0 aliphatic carbocycles. The Balaban J connectivity index is 2.46. The lowest BCUT2D eigenvalue weighted by Gasteiger charge is -2.13. The monoisotopic (exact) mass is 271 g/mol. The number of hydrogen-bond acceptors (Lipinski definition) is 5. The number of nitrogens with zero attached hydrogens (tertiary/aromatic N) is 4. The summed E-state index contributed by atoms with van der Waals surface area (Å²) in [5.41, 5.74) is 2.69. The molecule has 5 heteroatoms. The fourth-order valence-electron chi connectivity index (χ4n) is 1.98. The van der Waals surface area contributed by atoms with E-state index in [4.69, 9.17) is 0 Å². The smallest absolute Gasteiger partial charge is 0.133 e. The average Bonchev–Trinajstić information content (AvgIpc) is 2.48. The molecule has 0 bridgehead atoms. The standard InChI is InChI=1S/C15H21N5/c1-4-6-13-19-14(12-10-16-8-9-17-12)11(3)15(20-13)18-7-5-2/h8-10H,4-7H2,1-3H3,(H,18,19,20). The van der Waals surface area contributed by atoms with Crippen molar-refractivity contribution < 1.29 is 0 Å². The third-order valence-electron chi connectivity index (χ3n) is 3.01. The second-order valence-electron chi connectivity index (χ2n) is 4.73. The van der Waals surface area contributed by atoms with Crippen LogP contribution in [0.3, 0.4) is 0 Å². The highest BCUT2D eigenvalue weighted by Gasteiger charge is 2.13. The molecule has 2 heterocycles. The molecule has 20 heavy (non-hydrogen) atoms. The number of hydrogen-bond donors (Lipinski definition) is 1. The van der Waals surface area contributed by atoms with Crippen LogP contribution >= 0.6 is 0 Å². The fraction of sp³-hybridized carbons (Fsp3) is 0.467. The lowest BCUT2D eigenvalue weighted by Crippen LogP contribution is -2.09. The number of rotatable bonds is 6. The Labute approximate surface area is 119 Å². The molecule has 0 amide bonds. The molecule has 0 radical (unpaired) electrons. The summed E-state index contributed by atoms with van der Waals surface area (Å²) in [5, 5.41) is 3.37. The molecule has 5 nitrogen and oxygen atoms in total. The zero-order chi connectivity index (χ0) is 14.4. The van der Waals surface area contributed by atoms with E-state index in [1.165, 1.54) is 0 Å². The Kier molecular flexibility index (Phi) is 4.98. The summed E-state index contributed by atoms with van der Waals surface area (Å²) in [7, 11) is 0. The quantitative estimate of drug-likeness (QED) is 0.875. The Hall–Kier alpha value is -2.04. The normalized spacial score (nSPS) is 10.6. The van der Waals surface area contributed by atoms with E-state index in [1.807, 2.05) is 6.92 Å². The molecule has 2 rings (SSSR count). The first-order chi connectivity index (χ1) is 9.76. The van der Waals surface area contributed by atoms with Crippen LogP contribution in [-0.4, -0.2) is 26.5 Å². The highest BCUT2D eigenvalue weighted by Crippen LogP contribution is 2.24. The van der Waals surface area contributed by atoms with E-state index in [0.717, 1.165) is 54.4 Å². The van der Waals surface area contributed by atoms with E-state index in [-0.39, 0.29) is 0 Å². The van der Waals surface area contributed by atoms with Gasteiger partial charge in [0.1, 0.15) is 17.3 Å². The van der Waals surface area contributed by atoms with Crippen LogP contribution in [-0.2, 0) is 6.42 Å². The predicted octanol–water partition coefficient (Wildman–Crippen LogP) is 3.02. The van der Waals surface area contributed by atoms with Gasteiger partial charge in [-0.3, -0.25) is 9.97 Å². The summed E-state index contributed by atoms with van der Waals surface area (Å²) >= 11 is 0. The number of anilines is 1. The molecule has 2 aromatic rings. The van der Waals surface area contributed by atoms with Crippen molar-refractivity contribution in [3.8, 4) is 11.4 Å². The maximum Gasteiger partial charge on any atom is 0.133 e. The van der Waals surface area contributed by atoms with Crippen LogP contribution in [0.2, 0.25) is 0 Å². The Bertz CT molecular complexity index is 554. The molecule has 2 aromatic heterocycles. The van der Waals surface area contributed by atoms with Gasteiger partial charge in [-0.15, -0.1) is 0 Å². The van der Waals surface area contributed by atoms with Crippen molar-refractivity contribution in [1.82, 2.24) is 19.9 Å². The van der Waals surface area contributed by atoms with Crippen LogP contribution in [0.1, 0.15) is 38.1 Å². The van der Waals surface area contributed by atoms with Gasteiger partial charge in [0, 0.05) is 30.9 Å². The van der Waals surface area contributed by atoms with Gasteiger partial charge in [-0.2, -0.15) is 0 Å². The van der Waals surface area contributed by atoms with Crippen molar-refractivity contribution in [3.05, 3.63) is 30.0 Å².